The summed E-state index contributed by atoms with van der Waals surface area (Å²) in [4.78, 5) is 63.4. The molecule has 0 saturated carbocycles. The van der Waals surface area contributed by atoms with E-state index >= 15 is 0 Å². The predicted octanol–water partition coefficient (Wildman–Crippen LogP) is 6.84. The summed E-state index contributed by atoms with van der Waals surface area (Å²) in [7, 11) is 2.71. The molecule has 0 aliphatic carbocycles. The molecule has 0 bridgehead atoms. The number of rotatable bonds is 2. The average Bonchev–Trinajstić information content (AvgIpc) is 3.68. The number of carbonyl (C=O) groups is 2. The number of esters is 2. The zero-order valence-electron chi connectivity index (χ0n) is 27.2. The third-order valence-corrected chi connectivity index (χ3v) is 10.2. The third kappa shape index (κ3) is 3.46. The summed E-state index contributed by atoms with van der Waals surface area (Å²) in [5.41, 5.74) is 5.45. The Labute approximate surface area is 280 Å². The number of imidazole rings is 2. The van der Waals surface area contributed by atoms with Crippen molar-refractivity contribution in [3.8, 4) is 0 Å². The summed E-state index contributed by atoms with van der Waals surface area (Å²) in [5, 5.41) is 7.06. The van der Waals surface area contributed by atoms with E-state index in [1.807, 2.05) is 62.4 Å². The number of hydrogen-bond acceptors (Lipinski definition) is 8. The van der Waals surface area contributed by atoms with Crippen LogP contribution in [0.1, 0.15) is 31.8 Å². The highest BCUT2D eigenvalue weighted by Gasteiger charge is 2.23. The van der Waals surface area contributed by atoms with Crippen molar-refractivity contribution < 1.29 is 19.1 Å². The van der Waals surface area contributed by atoms with Crippen LogP contribution < -0.4 is 11.1 Å². The summed E-state index contributed by atoms with van der Waals surface area (Å²) >= 11 is 0. The molecule has 10 aromatic rings. The normalized spacial score (nSPS) is 12.3. The fourth-order valence-electron chi connectivity index (χ4n) is 7.87. The van der Waals surface area contributed by atoms with Crippen molar-refractivity contribution in [2.45, 2.75) is 13.8 Å². The molecule has 0 aliphatic heterocycles. The molecule has 4 aromatic heterocycles. The van der Waals surface area contributed by atoms with Crippen molar-refractivity contribution in [2.75, 3.05) is 14.2 Å². The number of benzene rings is 6. The third-order valence-electron chi connectivity index (χ3n) is 10.2. The van der Waals surface area contributed by atoms with Gasteiger partial charge in [0.05, 0.1) is 47.4 Å². The summed E-state index contributed by atoms with van der Waals surface area (Å²) in [6, 6.07) is 22.3. The molecule has 6 aromatic carbocycles. The zero-order valence-corrected chi connectivity index (χ0v) is 27.2. The van der Waals surface area contributed by atoms with Gasteiger partial charge in [-0.05, 0) is 107 Å². The number of methoxy groups -OCH3 is 2. The van der Waals surface area contributed by atoms with E-state index in [4.69, 9.17) is 19.4 Å². The van der Waals surface area contributed by atoms with Crippen molar-refractivity contribution in [2.24, 2.45) is 0 Å². The van der Waals surface area contributed by atoms with Gasteiger partial charge in [0.1, 0.15) is 11.3 Å². The van der Waals surface area contributed by atoms with Crippen LogP contribution in [0.15, 0.2) is 82.4 Å². The molecule has 10 heteroatoms. The van der Waals surface area contributed by atoms with Crippen LogP contribution in [-0.2, 0) is 9.47 Å². The SMILES string of the molecule is COC(=O)c1cc2cc3c(cc2cc1C)nc1c2ccc4c5c(ccc(c(=O)n31)c25)c(=O)n1c2cc3cc(C)c(C(=O)OC)cc3cc2nc41. The highest BCUT2D eigenvalue weighted by Crippen LogP contribution is 2.38. The number of pyridine rings is 2. The number of hydrogen-bond donors (Lipinski definition) is 0. The largest absolute Gasteiger partial charge is 0.465 e. The molecule has 10 rings (SSSR count). The second-order valence-electron chi connectivity index (χ2n) is 12.9. The fraction of sp³-hybridized carbons (Fsp3) is 0.100. The molecule has 0 fully saturated rings. The van der Waals surface area contributed by atoms with Gasteiger partial charge in [0.2, 0.25) is 0 Å². The van der Waals surface area contributed by atoms with Gasteiger partial charge in [-0.25, -0.2) is 19.6 Å². The molecule has 0 N–H and O–H groups in total. The topological polar surface area (TPSA) is 121 Å². The minimum atomic E-state index is -0.427. The van der Waals surface area contributed by atoms with Crippen LogP contribution in [0.2, 0.25) is 0 Å². The second-order valence-corrected chi connectivity index (χ2v) is 12.9. The average molecular weight is 657 g/mol. The van der Waals surface area contributed by atoms with Crippen LogP contribution in [-0.4, -0.2) is 44.9 Å². The lowest BCUT2D eigenvalue weighted by Gasteiger charge is -2.12. The maximum absolute atomic E-state index is 14.3. The molecule has 0 amide bonds. The van der Waals surface area contributed by atoms with E-state index in [2.05, 4.69) is 0 Å². The standard InChI is InChI=1S/C40H24N4O6/c1-17-9-19-13-29-32(16-22(19)12-28(17)40(48)50-4)44-35(41-29)23-5-6-24-34-25(7-8-26(33(23)34)38(44)46)37(45)43-31-15-20-10-18(2)27(39(47)49-3)11-21(20)14-30(31)42-36(24)43/h5-16H,1-4H3. The van der Waals surface area contributed by atoms with E-state index in [0.717, 1.165) is 43.4 Å². The first-order chi connectivity index (χ1) is 24.2. The Balaban J connectivity index is 1.29. The van der Waals surface area contributed by atoms with Gasteiger partial charge in [0.15, 0.2) is 0 Å². The summed E-state index contributed by atoms with van der Waals surface area (Å²) in [5.74, 6) is -0.846. The molecule has 10 nitrogen and oxygen atoms in total. The highest BCUT2D eigenvalue weighted by molar-refractivity contribution is 6.28. The minimum Gasteiger partial charge on any atom is -0.465 e. The van der Waals surface area contributed by atoms with Gasteiger partial charge >= 0.3 is 11.9 Å². The maximum atomic E-state index is 14.3. The van der Waals surface area contributed by atoms with Crippen LogP contribution in [0, 0.1) is 13.8 Å². The number of nitrogens with zero attached hydrogens (tertiary/aromatic N) is 4. The number of carbonyl (C=O) groups excluding carboxylic acids is 2. The molecule has 0 unspecified atom stereocenters. The van der Waals surface area contributed by atoms with Crippen molar-refractivity contribution in [3.05, 3.63) is 116 Å². The molecule has 4 heterocycles. The van der Waals surface area contributed by atoms with E-state index in [1.165, 1.54) is 14.2 Å². The Kier molecular flexibility index (Phi) is 5.37. The Hall–Kier alpha value is -6.68. The van der Waals surface area contributed by atoms with Crippen LogP contribution in [0.25, 0.3) is 87.2 Å². The van der Waals surface area contributed by atoms with Crippen molar-refractivity contribution >= 4 is 99.2 Å². The van der Waals surface area contributed by atoms with E-state index in [1.54, 1.807) is 33.1 Å². The van der Waals surface area contributed by atoms with Gasteiger partial charge in [-0.3, -0.25) is 18.4 Å². The monoisotopic (exact) mass is 656 g/mol. The molecule has 50 heavy (non-hydrogen) atoms. The first-order valence-electron chi connectivity index (χ1n) is 16.0. The van der Waals surface area contributed by atoms with Gasteiger partial charge in [-0.1, -0.05) is 12.1 Å². The molecule has 240 valence electrons. The minimum absolute atomic E-state index is 0.240. The Morgan fingerprint density at radius 3 is 1.36 bits per heavy atom. The lowest BCUT2D eigenvalue weighted by Crippen LogP contribution is -2.16. The number of aromatic nitrogens is 4. The van der Waals surface area contributed by atoms with Crippen LogP contribution in [0.3, 0.4) is 0 Å². The van der Waals surface area contributed by atoms with E-state index in [9.17, 15) is 19.2 Å². The number of ether oxygens (including phenoxy) is 2. The Morgan fingerprint density at radius 1 is 0.540 bits per heavy atom. The molecular formula is C40H24N4O6. The molecule has 0 atom stereocenters. The molecular weight excluding hydrogens is 632 g/mol. The van der Waals surface area contributed by atoms with Gasteiger partial charge in [0, 0.05) is 32.3 Å². The Morgan fingerprint density at radius 2 is 0.920 bits per heavy atom. The summed E-state index contributed by atoms with van der Waals surface area (Å²) in [6.07, 6.45) is 0. The van der Waals surface area contributed by atoms with Crippen LogP contribution in [0.4, 0.5) is 0 Å². The quantitative estimate of drug-likeness (QED) is 0.147. The van der Waals surface area contributed by atoms with Crippen molar-refractivity contribution in [1.29, 1.82) is 0 Å². The first-order valence-corrected chi connectivity index (χ1v) is 16.0. The maximum Gasteiger partial charge on any atom is 0.338 e. The number of fused-ring (bicyclic) bond motifs is 10. The van der Waals surface area contributed by atoms with Crippen LogP contribution in [0.5, 0.6) is 0 Å². The van der Waals surface area contributed by atoms with Gasteiger partial charge in [-0.2, -0.15) is 0 Å². The highest BCUT2D eigenvalue weighted by atomic mass is 16.5. The smallest absolute Gasteiger partial charge is 0.338 e. The number of aryl methyl sites for hydroxylation is 2. The molecule has 0 saturated heterocycles. The van der Waals surface area contributed by atoms with Crippen molar-refractivity contribution in [3.63, 3.8) is 0 Å². The lowest BCUT2D eigenvalue weighted by molar-refractivity contribution is 0.0591. The Bertz CT molecular complexity index is 3320. The van der Waals surface area contributed by atoms with Gasteiger partial charge in [-0.15, -0.1) is 0 Å². The second kappa shape index (κ2) is 9.48. The molecule has 0 radical (unpaired) electrons. The molecule has 0 spiro atoms. The first kappa shape index (κ1) is 28.3. The van der Waals surface area contributed by atoms with E-state index in [0.29, 0.717) is 66.0 Å². The summed E-state index contributed by atoms with van der Waals surface area (Å²) in [6.45, 7) is 3.71. The van der Waals surface area contributed by atoms with Crippen LogP contribution >= 0.6 is 0 Å². The zero-order chi connectivity index (χ0) is 34.3. The molecule has 0 aliphatic rings. The predicted molar refractivity (Wildman–Crippen MR) is 194 cm³/mol. The van der Waals surface area contributed by atoms with Crippen molar-refractivity contribution in [1.82, 2.24) is 18.8 Å². The van der Waals surface area contributed by atoms with E-state index in [-0.39, 0.29) is 11.1 Å². The fourth-order valence-corrected chi connectivity index (χ4v) is 7.87. The lowest BCUT2D eigenvalue weighted by atomic mass is 9.96. The van der Waals surface area contributed by atoms with Gasteiger partial charge in [0.25, 0.3) is 11.1 Å². The van der Waals surface area contributed by atoms with E-state index < -0.39 is 11.9 Å². The van der Waals surface area contributed by atoms with Gasteiger partial charge < -0.3 is 9.47 Å². The summed E-state index contributed by atoms with van der Waals surface area (Å²) < 4.78 is 13.2.